The molecule has 0 aliphatic carbocycles. The van der Waals surface area contributed by atoms with Crippen LogP contribution in [0.4, 0.5) is 11.4 Å². The second kappa shape index (κ2) is 9.34. The molecule has 1 saturated heterocycles. The van der Waals surface area contributed by atoms with Crippen LogP contribution in [0.15, 0.2) is 77.0 Å². The summed E-state index contributed by atoms with van der Waals surface area (Å²) in [6.45, 7) is 2.59. The molecule has 3 aromatic rings. The van der Waals surface area contributed by atoms with E-state index in [-0.39, 0.29) is 11.6 Å². The van der Waals surface area contributed by atoms with E-state index in [0.717, 1.165) is 17.7 Å². The van der Waals surface area contributed by atoms with E-state index < -0.39 is 11.8 Å². The van der Waals surface area contributed by atoms with Gasteiger partial charge in [0, 0.05) is 36.0 Å². The van der Waals surface area contributed by atoms with Gasteiger partial charge in [0.2, 0.25) is 5.91 Å². The molecule has 1 fully saturated rings. The van der Waals surface area contributed by atoms with Crippen molar-refractivity contribution < 1.29 is 18.8 Å². The van der Waals surface area contributed by atoms with Gasteiger partial charge in [-0.25, -0.2) is 0 Å². The molecule has 0 bridgehead atoms. The molecule has 0 radical (unpaired) electrons. The first-order valence-electron chi connectivity index (χ1n) is 10.3. The third-order valence-corrected chi connectivity index (χ3v) is 5.11. The summed E-state index contributed by atoms with van der Waals surface area (Å²) in [7, 11) is 0. The number of furan rings is 1. The Balaban J connectivity index is 1.51. The lowest BCUT2D eigenvalue weighted by Crippen LogP contribution is -2.30. The summed E-state index contributed by atoms with van der Waals surface area (Å²) in [6, 6.07) is 17.5. The number of aryl methyl sites for hydroxylation is 1. The van der Waals surface area contributed by atoms with E-state index >= 15 is 0 Å². The van der Waals surface area contributed by atoms with Crippen molar-refractivity contribution in [3.63, 3.8) is 0 Å². The van der Waals surface area contributed by atoms with Crippen molar-refractivity contribution in [2.45, 2.75) is 19.8 Å². The molecule has 2 aromatic carbocycles. The highest BCUT2D eigenvalue weighted by atomic mass is 16.3. The number of hydrogen-bond donors (Lipinski definition) is 2. The van der Waals surface area contributed by atoms with E-state index in [9.17, 15) is 14.4 Å². The summed E-state index contributed by atoms with van der Waals surface area (Å²) in [4.78, 5) is 39.3. The minimum Gasteiger partial charge on any atom is -0.465 e. The third kappa shape index (κ3) is 4.95. The predicted molar refractivity (Wildman–Crippen MR) is 122 cm³/mol. The highest BCUT2D eigenvalue weighted by molar-refractivity contribution is 6.10. The molecule has 162 valence electrons. The zero-order chi connectivity index (χ0) is 22.5. The maximum atomic E-state index is 13.0. The maximum Gasteiger partial charge on any atom is 0.272 e. The number of hydrogen-bond acceptors (Lipinski definition) is 4. The van der Waals surface area contributed by atoms with Crippen molar-refractivity contribution in [1.29, 1.82) is 0 Å². The molecule has 4 rings (SSSR count). The van der Waals surface area contributed by atoms with Crippen LogP contribution < -0.4 is 15.5 Å². The molecule has 2 heterocycles. The van der Waals surface area contributed by atoms with Crippen LogP contribution in [-0.2, 0) is 9.59 Å². The lowest BCUT2D eigenvalue weighted by Gasteiger charge is -2.16. The molecule has 32 heavy (non-hydrogen) atoms. The van der Waals surface area contributed by atoms with Gasteiger partial charge in [-0.2, -0.15) is 0 Å². The lowest BCUT2D eigenvalue weighted by atomic mass is 10.1. The van der Waals surface area contributed by atoms with Gasteiger partial charge in [-0.3, -0.25) is 14.4 Å². The fourth-order valence-electron chi connectivity index (χ4n) is 3.50. The molecular weight excluding hydrogens is 406 g/mol. The van der Waals surface area contributed by atoms with Gasteiger partial charge >= 0.3 is 0 Å². The topological polar surface area (TPSA) is 91.7 Å². The van der Waals surface area contributed by atoms with Crippen LogP contribution in [0.25, 0.3) is 6.08 Å². The van der Waals surface area contributed by atoms with Crippen molar-refractivity contribution in [2.24, 2.45) is 0 Å². The van der Waals surface area contributed by atoms with Crippen LogP contribution >= 0.6 is 0 Å². The summed E-state index contributed by atoms with van der Waals surface area (Å²) in [6.07, 6.45) is 4.36. The fraction of sp³-hybridized carbons (Fsp3) is 0.160. The van der Waals surface area contributed by atoms with E-state index in [2.05, 4.69) is 10.6 Å². The van der Waals surface area contributed by atoms with E-state index in [1.54, 1.807) is 59.5 Å². The summed E-state index contributed by atoms with van der Waals surface area (Å²) in [5.41, 5.74) is 2.77. The standard InChI is InChI=1S/C25H23N3O4/c1-17-5-2-6-18(15-17)24(30)27-22(16-21-7-4-14-32-21)25(31)26-19-9-11-20(12-10-19)28-13-3-8-23(28)29/h2,4-7,9-12,14-16H,3,8,13H2,1H3,(H,26,31)(H,27,30)/b22-16-. The lowest BCUT2D eigenvalue weighted by molar-refractivity contribution is -0.117. The highest BCUT2D eigenvalue weighted by Gasteiger charge is 2.21. The quantitative estimate of drug-likeness (QED) is 0.577. The maximum absolute atomic E-state index is 13.0. The second-order valence-corrected chi connectivity index (χ2v) is 7.55. The molecule has 0 atom stereocenters. The fourth-order valence-corrected chi connectivity index (χ4v) is 3.50. The number of amides is 3. The Hall–Kier alpha value is -4.13. The third-order valence-electron chi connectivity index (χ3n) is 5.11. The molecule has 7 heteroatoms. The zero-order valence-electron chi connectivity index (χ0n) is 17.6. The van der Waals surface area contributed by atoms with Crippen LogP contribution in [0.2, 0.25) is 0 Å². The number of nitrogens with one attached hydrogen (secondary N) is 2. The molecule has 7 nitrogen and oxygen atoms in total. The largest absolute Gasteiger partial charge is 0.465 e. The molecule has 0 saturated carbocycles. The van der Waals surface area contributed by atoms with Gasteiger partial charge in [0.15, 0.2) is 0 Å². The molecule has 3 amide bonds. The van der Waals surface area contributed by atoms with Gasteiger partial charge in [-0.15, -0.1) is 0 Å². The van der Waals surface area contributed by atoms with E-state index in [4.69, 9.17) is 4.42 Å². The SMILES string of the molecule is Cc1cccc(C(=O)N/C(=C\c2ccco2)C(=O)Nc2ccc(N3CCCC3=O)cc2)c1. The zero-order valence-corrected chi connectivity index (χ0v) is 17.6. The summed E-state index contributed by atoms with van der Waals surface area (Å²) in [5.74, 6) is -0.358. The predicted octanol–water partition coefficient (Wildman–Crippen LogP) is 4.12. The Kier molecular flexibility index (Phi) is 6.17. The van der Waals surface area contributed by atoms with Crippen molar-refractivity contribution in [3.8, 4) is 0 Å². The molecule has 1 aliphatic heterocycles. The first-order valence-corrected chi connectivity index (χ1v) is 10.3. The monoisotopic (exact) mass is 429 g/mol. The van der Waals surface area contributed by atoms with Gasteiger partial charge in [0.05, 0.1) is 6.26 Å². The van der Waals surface area contributed by atoms with Gasteiger partial charge in [0.25, 0.3) is 11.8 Å². The van der Waals surface area contributed by atoms with Gasteiger partial charge in [-0.05, 0) is 61.9 Å². The first kappa shape index (κ1) is 21.1. The average molecular weight is 429 g/mol. The van der Waals surface area contributed by atoms with Crippen molar-refractivity contribution >= 4 is 35.2 Å². The van der Waals surface area contributed by atoms with Crippen LogP contribution in [0, 0.1) is 6.92 Å². The summed E-state index contributed by atoms with van der Waals surface area (Å²) in [5, 5.41) is 5.46. The Labute approximate surface area is 185 Å². The molecule has 0 unspecified atom stereocenters. The minimum absolute atomic E-state index is 0.0465. The van der Waals surface area contributed by atoms with Crippen LogP contribution in [0.3, 0.4) is 0 Å². The average Bonchev–Trinajstić information content (AvgIpc) is 3.45. The number of nitrogens with zero attached hydrogens (tertiary/aromatic N) is 1. The van der Waals surface area contributed by atoms with Crippen LogP contribution in [0.1, 0.15) is 34.5 Å². The van der Waals surface area contributed by atoms with Crippen molar-refractivity contribution in [1.82, 2.24) is 5.32 Å². The summed E-state index contributed by atoms with van der Waals surface area (Å²) < 4.78 is 5.31. The van der Waals surface area contributed by atoms with E-state index in [1.807, 2.05) is 13.0 Å². The molecule has 1 aliphatic rings. The van der Waals surface area contributed by atoms with Gasteiger partial charge < -0.3 is 20.0 Å². The Morgan fingerprint density at radius 2 is 1.88 bits per heavy atom. The summed E-state index contributed by atoms with van der Waals surface area (Å²) >= 11 is 0. The Morgan fingerprint density at radius 3 is 2.53 bits per heavy atom. The Bertz CT molecular complexity index is 1160. The molecule has 1 aromatic heterocycles. The van der Waals surface area contributed by atoms with Crippen molar-refractivity contribution in [3.05, 3.63) is 89.5 Å². The Morgan fingerprint density at radius 1 is 1.06 bits per heavy atom. The highest BCUT2D eigenvalue weighted by Crippen LogP contribution is 2.23. The molecule has 0 spiro atoms. The molecular formula is C25H23N3O4. The molecule has 2 N–H and O–H groups in total. The van der Waals surface area contributed by atoms with Crippen LogP contribution in [0.5, 0.6) is 0 Å². The number of benzene rings is 2. The van der Waals surface area contributed by atoms with Gasteiger partial charge in [0.1, 0.15) is 11.5 Å². The van der Waals surface area contributed by atoms with Gasteiger partial charge in [-0.1, -0.05) is 17.7 Å². The number of anilines is 2. The van der Waals surface area contributed by atoms with E-state index in [0.29, 0.717) is 30.0 Å². The van der Waals surface area contributed by atoms with Crippen LogP contribution in [-0.4, -0.2) is 24.3 Å². The minimum atomic E-state index is -0.493. The normalized spacial score (nSPS) is 13.8. The smallest absolute Gasteiger partial charge is 0.272 e. The number of rotatable bonds is 6. The number of carbonyl (C=O) groups is 3. The van der Waals surface area contributed by atoms with Crippen molar-refractivity contribution in [2.75, 3.05) is 16.8 Å². The number of carbonyl (C=O) groups excluding carboxylic acids is 3. The first-order chi connectivity index (χ1) is 15.5. The second-order valence-electron chi connectivity index (χ2n) is 7.55. The van der Waals surface area contributed by atoms with E-state index in [1.165, 1.54) is 12.3 Å².